The van der Waals surface area contributed by atoms with E-state index in [2.05, 4.69) is 5.32 Å². The number of ether oxygens (including phenoxy) is 1. The van der Waals surface area contributed by atoms with Crippen LogP contribution in [-0.4, -0.2) is 13.0 Å². The van der Waals surface area contributed by atoms with Gasteiger partial charge in [0.05, 0.1) is 24.0 Å². The van der Waals surface area contributed by atoms with Crippen LogP contribution in [0, 0.1) is 11.6 Å². The zero-order chi connectivity index (χ0) is 15.6. The fourth-order valence-electron chi connectivity index (χ4n) is 1.74. The number of anilines is 2. The van der Waals surface area contributed by atoms with Gasteiger partial charge in [-0.2, -0.15) is 0 Å². The smallest absolute Gasteiger partial charge is 0.258 e. The molecular weight excluding hydrogens is 302 g/mol. The van der Waals surface area contributed by atoms with Crippen LogP contribution in [0.2, 0.25) is 5.02 Å². The lowest BCUT2D eigenvalue weighted by molar-refractivity contribution is 0.102. The Kier molecular flexibility index (Phi) is 4.28. The standard InChI is InChI=1S/C14H11ClF2N2O2/c1-21-12-3-2-7(15)4-11(12)19-14(20)9-5-8(16)6-10(18)13(9)17/h2-6H,18H2,1H3,(H,19,20). The fraction of sp³-hybridized carbons (Fsp3) is 0.0714. The maximum absolute atomic E-state index is 13.8. The van der Waals surface area contributed by atoms with Crippen molar-refractivity contribution in [2.45, 2.75) is 0 Å². The number of hydrogen-bond acceptors (Lipinski definition) is 3. The van der Waals surface area contributed by atoms with E-state index in [1.807, 2.05) is 0 Å². The SMILES string of the molecule is COc1ccc(Cl)cc1NC(=O)c1cc(F)cc(N)c1F. The van der Waals surface area contributed by atoms with Crippen LogP contribution in [0.25, 0.3) is 0 Å². The van der Waals surface area contributed by atoms with Crippen molar-refractivity contribution >= 4 is 28.9 Å². The van der Waals surface area contributed by atoms with Crippen molar-refractivity contribution in [2.24, 2.45) is 0 Å². The number of nitrogens with one attached hydrogen (secondary N) is 1. The molecule has 2 aromatic carbocycles. The average molecular weight is 313 g/mol. The van der Waals surface area contributed by atoms with E-state index in [0.717, 1.165) is 12.1 Å². The highest BCUT2D eigenvalue weighted by Crippen LogP contribution is 2.28. The summed E-state index contributed by atoms with van der Waals surface area (Å²) < 4.78 is 32.1. The summed E-state index contributed by atoms with van der Waals surface area (Å²) >= 11 is 5.82. The highest BCUT2D eigenvalue weighted by atomic mass is 35.5. The predicted molar refractivity (Wildman–Crippen MR) is 76.7 cm³/mol. The zero-order valence-corrected chi connectivity index (χ0v) is 11.7. The maximum Gasteiger partial charge on any atom is 0.258 e. The van der Waals surface area contributed by atoms with E-state index in [1.54, 1.807) is 6.07 Å². The van der Waals surface area contributed by atoms with Crippen molar-refractivity contribution in [1.82, 2.24) is 0 Å². The van der Waals surface area contributed by atoms with Gasteiger partial charge in [-0.15, -0.1) is 0 Å². The largest absolute Gasteiger partial charge is 0.495 e. The molecule has 0 aromatic heterocycles. The number of amides is 1. The van der Waals surface area contributed by atoms with Crippen LogP contribution in [0.5, 0.6) is 5.75 Å². The van der Waals surface area contributed by atoms with Gasteiger partial charge >= 0.3 is 0 Å². The Labute approximate surface area is 124 Å². The third-order valence-electron chi connectivity index (χ3n) is 2.72. The van der Waals surface area contributed by atoms with Crippen molar-refractivity contribution in [1.29, 1.82) is 0 Å². The molecular formula is C14H11ClF2N2O2. The summed E-state index contributed by atoms with van der Waals surface area (Å²) in [6, 6.07) is 6.09. The number of benzene rings is 2. The first-order valence-electron chi connectivity index (χ1n) is 5.81. The van der Waals surface area contributed by atoms with Crippen molar-refractivity contribution in [3.8, 4) is 5.75 Å². The van der Waals surface area contributed by atoms with E-state index < -0.39 is 28.8 Å². The molecule has 0 atom stereocenters. The van der Waals surface area contributed by atoms with Crippen molar-refractivity contribution < 1.29 is 18.3 Å². The highest BCUT2D eigenvalue weighted by Gasteiger charge is 2.17. The Morgan fingerprint density at radius 1 is 1.29 bits per heavy atom. The Balaban J connectivity index is 2.37. The topological polar surface area (TPSA) is 64.3 Å². The van der Waals surface area contributed by atoms with Crippen LogP contribution in [-0.2, 0) is 0 Å². The minimum Gasteiger partial charge on any atom is -0.495 e. The van der Waals surface area contributed by atoms with Gasteiger partial charge in [-0.25, -0.2) is 8.78 Å². The zero-order valence-electron chi connectivity index (χ0n) is 10.9. The first kappa shape index (κ1) is 15.1. The van der Waals surface area contributed by atoms with E-state index in [1.165, 1.54) is 19.2 Å². The van der Waals surface area contributed by atoms with Crippen molar-refractivity contribution in [3.63, 3.8) is 0 Å². The quantitative estimate of drug-likeness (QED) is 0.853. The van der Waals surface area contributed by atoms with Gasteiger partial charge in [0.2, 0.25) is 0 Å². The average Bonchev–Trinajstić information content (AvgIpc) is 2.43. The molecule has 0 fully saturated rings. The minimum absolute atomic E-state index is 0.234. The molecule has 0 saturated carbocycles. The van der Waals surface area contributed by atoms with Crippen LogP contribution < -0.4 is 15.8 Å². The van der Waals surface area contributed by atoms with Crippen LogP contribution >= 0.6 is 11.6 Å². The summed E-state index contributed by atoms with van der Waals surface area (Å²) in [5.41, 5.74) is 4.57. The first-order chi connectivity index (χ1) is 9.92. The van der Waals surface area contributed by atoms with E-state index in [4.69, 9.17) is 22.1 Å². The van der Waals surface area contributed by atoms with Gasteiger partial charge in [0.1, 0.15) is 11.6 Å². The molecule has 1 amide bonds. The fourth-order valence-corrected chi connectivity index (χ4v) is 1.92. The Morgan fingerprint density at radius 3 is 2.67 bits per heavy atom. The Hall–Kier alpha value is -2.34. The van der Waals surface area contributed by atoms with Gasteiger partial charge in [0.15, 0.2) is 5.82 Å². The third-order valence-corrected chi connectivity index (χ3v) is 2.95. The number of rotatable bonds is 3. The van der Waals surface area contributed by atoms with Crippen molar-refractivity contribution in [3.05, 3.63) is 52.6 Å². The molecule has 0 heterocycles. The molecule has 0 radical (unpaired) electrons. The van der Waals surface area contributed by atoms with Gasteiger partial charge in [0, 0.05) is 5.02 Å². The molecule has 3 N–H and O–H groups in total. The van der Waals surface area contributed by atoms with Gasteiger partial charge in [0.25, 0.3) is 5.91 Å². The summed E-state index contributed by atoms with van der Waals surface area (Å²) in [4.78, 5) is 12.0. The summed E-state index contributed by atoms with van der Waals surface area (Å²) in [5, 5.41) is 2.76. The van der Waals surface area contributed by atoms with E-state index in [9.17, 15) is 13.6 Å². The lowest BCUT2D eigenvalue weighted by Crippen LogP contribution is -2.15. The number of nitrogens with two attached hydrogens (primary N) is 1. The second-order valence-corrected chi connectivity index (χ2v) is 4.59. The number of hydrogen-bond donors (Lipinski definition) is 2. The molecule has 0 aliphatic carbocycles. The molecule has 0 saturated heterocycles. The van der Waals surface area contributed by atoms with Gasteiger partial charge < -0.3 is 15.8 Å². The van der Waals surface area contributed by atoms with Crippen LogP contribution in [0.4, 0.5) is 20.2 Å². The first-order valence-corrected chi connectivity index (χ1v) is 6.19. The van der Waals surface area contributed by atoms with Gasteiger partial charge in [-0.3, -0.25) is 4.79 Å². The van der Waals surface area contributed by atoms with Gasteiger partial charge in [-0.05, 0) is 30.3 Å². The summed E-state index contributed by atoms with van der Waals surface area (Å²) in [6.07, 6.45) is 0. The molecule has 0 bridgehead atoms. The molecule has 110 valence electrons. The normalized spacial score (nSPS) is 10.3. The predicted octanol–water partition coefficient (Wildman–Crippen LogP) is 3.46. The molecule has 7 heteroatoms. The van der Waals surface area contributed by atoms with E-state index in [-0.39, 0.29) is 5.69 Å². The minimum atomic E-state index is -0.991. The van der Waals surface area contributed by atoms with E-state index in [0.29, 0.717) is 10.8 Å². The monoisotopic (exact) mass is 312 g/mol. The molecule has 21 heavy (non-hydrogen) atoms. The molecule has 4 nitrogen and oxygen atoms in total. The van der Waals surface area contributed by atoms with Crippen LogP contribution in [0.15, 0.2) is 30.3 Å². The highest BCUT2D eigenvalue weighted by molar-refractivity contribution is 6.31. The molecule has 2 aromatic rings. The van der Waals surface area contributed by atoms with Crippen molar-refractivity contribution in [2.75, 3.05) is 18.2 Å². The second kappa shape index (κ2) is 5.97. The lowest BCUT2D eigenvalue weighted by Gasteiger charge is -2.11. The molecule has 0 aliphatic rings. The number of carbonyl (C=O) groups is 1. The maximum atomic E-state index is 13.8. The number of methoxy groups -OCH3 is 1. The summed E-state index contributed by atoms with van der Waals surface area (Å²) in [6.45, 7) is 0. The molecule has 0 aliphatic heterocycles. The van der Waals surface area contributed by atoms with Crippen LogP contribution in [0.1, 0.15) is 10.4 Å². The number of nitrogen functional groups attached to an aromatic ring is 1. The Bertz CT molecular complexity index is 708. The number of carbonyl (C=O) groups excluding carboxylic acids is 1. The summed E-state index contributed by atoms with van der Waals surface area (Å²) in [7, 11) is 1.40. The third kappa shape index (κ3) is 3.22. The molecule has 2 rings (SSSR count). The second-order valence-electron chi connectivity index (χ2n) is 4.16. The van der Waals surface area contributed by atoms with Gasteiger partial charge in [-0.1, -0.05) is 11.6 Å². The summed E-state index contributed by atoms with van der Waals surface area (Å²) in [5.74, 6) is -2.33. The molecule has 0 unspecified atom stereocenters. The number of halogens is 3. The lowest BCUT2D eigenvalue weighted by atomic mass is 10.1. The van der Waals surface area contributed by atoms with Crippen LogP contribution in [0.3, 0.4) is 0 Å². The Morgan fingerprint density at radius 2 is 2.00 bits per heavy atom. The molecule has 0 spiro atoms. The van der Waals surface area contributed by atoms with E-state index >= 15 is 0 Å².